The minimum Gasteiger partial charge on any atom is -0.476 e. The maximum atomic E-state index is 10.6. The Morgan fingerprint density at radius 3 is 2.75 bits per heavy atom. The highest BCUT2D eigenvalue weighted by Crippen LogP contribution is 2.06. The lowest BCUT2D eigenvalue weighted by atomic mass is 10.4. The molecule has 1 heterocycles. The second-order valence-corrected chi connectivity index (χ2v) is 3.18. The first-order chi connectivity index (χ1) is 7.65. The number of hydrogen-bond donors (Lipinski definition) is 1. The summed E-state index contributed by atoms with van der Waals surface area (Å²) in [7, 11) is 1.85. The van der Waals surface area contributed by atoms with Crippen molar-refractivity contribution < 1.29 is 14.6 Å². The van der Waals surface area contributed by atoms with Crippen molar-refractivity contribution in [3.63, 3.8) is 0 Å². The van der Waals surface area contributed by atoms with E-state index in [4.69, 9.17) is 9.84 Å². The van der Waals surface area contributed by atoms with Crippen LogP contribution in [0.25, 0.3) is 0 Å². The van der Waals surface area contributed by atoms with E-state index in [1.165, 1.54) is 12.4 Å². The van der Waals surface area contributed by atoms with Gasteiger partial charge in [0.15, 0.2) is 5.69 Å². The highest BCUT2D eigenvalue weighted by molar-refractivity contribution is 5.84. The van der Waals surface area contributed by atoms with Crippen molar-refractivity contribution in [2.75, 3.05) is 31.7 Å². The quantitative estimate of drug-likeness (QED) is 0.716. The second-order valence-electron chi connectivity index (χ2n) is 3.18. The van der Waals surface area contributed by atoms with Gasteiger partial charge in [-0.2, -0.15) is 0 Å². The van der Waals surface area contributed by atoms with Crippen LogP contribution in [0, 0.1) is 0 Å². The second kappa shape index (κ2) is 6.02. The molecule has 1 rings (SSSR count). The number of carboxylic acid groups (broad SMARTS) is 1. The number of likely N-dealkylation sites (N-methyl/N-ethyl adjacent to an activating group) is 1. The van der Waals surface area contributed by atoms with Crippen molar-refractivity contribution in [2.45, 2.75) is 6.92 Å². The molecule has 0 spiro atoms. The molecule has 6 nitrogen and oxygen atoms in total. The lowest BCUT2D eigenvalue weighted by Crippen LogP contribution is -2.23. The first-order valence-electron chi connectivity index (χ1n) is 4.99. The fourth-order valence-corrected chi connectivity index (χ4v) is 1.09. The Hall–Kier alpha value is -1.69. The van der Waals surface area contributed by atoms with Crippen LogP contribution in [0.2, 0.25) is 0 Å². The van der Waals surface area contributed by atoms with Gasteiger partial charge in [0.25, 0.3) is 0 Å². The Morgan fingerprint density at radius 1 is 1.50 bits per heavy atom. The lowest BCUT2D eigenvalue weighted by molar-refractivity contribution is 0.0690. The smallest absolute Gasteiger partial charge is 0.356 e. The Morgan fingerprint density at radius 2 is 2.25 bits per heavy atom. The van der Waals surface area contributed by atoms with Crippen LogP contribution in [-0.2, 0) is 4.74 Å². The molecule has 0 saturated carbocycles. The number of ether oxygens (including phenoxy) is 1. The van der Waals surface area contributed by atoms with Gasteiger partial charge in [-0.3, -0.25) is 0 Å². The molecule has 0 aliphatic rings. The van der Waals surface area contributed by atoms with Crippen LogP contribution in [0.5, 0.6) is 0 Å². The fraction of sp³-hybridized carbons (Fsp3) is 0.500. The molecule has 0 saturated heterocycles. The summed E-state index contributed by atoms with van der Waals surface area (Å²) in [5.74, 6) is -0.444. The number of aromatic nitrogens is 2. The average Bonchev–Trinajstić information content (AvgIpc) is 2.29. The molecule has 1 N–H and O–H groups in total. The van der Waals surface area contributed by atoms with Crippen molar-refractivity contribution in [3.05, 3.63) is 18.1 Å². The topological polar surface area (TPSA) is 75.5 Å². The number of nitrogens with zero attached hydrogens (tertiary/aromatic N) is 3. The van der Waals surface area contributed by atoms with Gasteiger partial charge in [-0.05, 0) is 6.92 Å². The van der Waals surface area contributed by atoms with Crippen molar-refractivity contribution in [1.82, 2.24) is 9.97 Å². The Balaban J connectivity index is 2.56. The summed E-state index contributed by atoms with van der Waals surface area (Å²) in [5, 5.41) is 8.65. The molecule has 0 amide bonds. The third-order valence-electron chi connectivity index (χ3n) is 2.02. The van der Waals surface area contributed by atoms with E-state index in [1.54, 1.807) is 0 Å². The highest BCUT2D eigenvalue weighted by atomic mass is 16.5. The molecule has 16 heavy (non-hydrogen) atoms. The zero-order chi connectivity index (χ0) is 12.0. The average molecular weight is 225 g/mol. The Labute approximate surface area is 93.9 Å². The van der Waals surface area contributed by atoms with E-state index in [1.807, 2.05) is 18.9 Å². The molecule has 0 bridgehead atoms. The number of anilines is 1. The molecule has 0 atom stereocenters. The van der Waals surface area contributed by atoms with E-state index in [2.05, 4.69) is 9.97 Å². The molecular weight excluding hydrogens is 210 g/mol. The molecule has 1 aromatic heterocycles. The van der Waals surface area contributed by atoms with Gasteiger partial charge in [-0.25, -0.2) is 14.8 Å². The van der Waals surface area contributed by atoms with Gasteiger partial charge in [-0.1, -0.05) is 0 Å². The van der Waals surface area contributed by atoms with Gasteiger partial charge in [0.05, 0.1) is 19.0 Å². The van der Waals surface area contributed by atoms with Crippen LogP contribution in [0.1, 0.15) is 17.4 Å². The number of rotatable bonds is 6. The Bertz CT molecular complexity index is 340. The molecule has 0 aliphatic carbocycles. The summed E-state index contributed by atoms with van der Waals surface area (Å²) in [6, 6.07) is 0. The Kier molecular flexibility index (Phi) is 4.65. The van der Waals surface area contributed by atoms with Crippen molar-refractivity contribution >= 4 is 11.8 Å². The molecule has 0 radical (unpaired) electrons. The third kappa shape index (κ3) is 3.47. The van der Waals surface area contributed by atoms with E-state index >= 15 is 0 Å². The summed E-state index contributed by atoms with van der Waals surface area (Å²) in [6.45, 7) is 3.91. The highest BCUT2D eigenvalue weighted by Gasteiger charge is 2.07. The van der Waals surface area contributed by atoms with Crippen LogP contribution < -0.4 is 4.90 Å². The zero-order valence-corrected chi connectivity index (χ0v) is 9.38. The molecule has 0 aromatic carbocycles. The van der Waals surface area contributed by atoms with Gasteiger partial charge < -0.3 is 14.7 Å². The van der Waals surface area contributed by atoms with E-state index in [0.717, 1.165) is 0 Å². The summed E-state index contributed by atoms with van der Waals surface area (Å²) >= 11 is 0. The van der Waals surface area contributed by atoms with Crippen LogP contribution in [0.3, 0.4) is 0 Å². The van der Waals surface area contributed by atoms with Crippen molar-refractivity contribution in [2.24, 2.45) is 0 Å². The van der Waals surface area contributed by atoms with E-state index < -0.39 is 5.97 Å². The monoisotopic (exact) mass is 225 g/mol. The van der Waals surface area contributed by atoms with E-state index in [-0.39, 0.29) is 5.69 Å². The molecule has 6 heteroatoms. The van der Waals surface area contributed by atoms with Gasteiger partial charge in [0, 0.05) is 20.2 Å². The third-order valence-corrected chi connectivity index (χ3v) is 2.02. The van der Waals surface area contributed by atoms with Gasteiger partial charge in [0.1, 0.15) is 5.82 Å². The van der Waals surface area contributed by atoms with Crippen LogP contribution >= 0.6 is 0 Å². The number of carboxylic acids is 1. The minimum absolute atomic E-state index is 0.0537. The molecule has 88 valence electrons. The molecular formula is C10H15N3O3. The zero-order valence-electron chi connectivity index (χ0n) is 9.38. The first-order valence-corrected chi connectivity index (χ1v) is 4.99. The lowest BCUT2D eigenvalue weighted by Gasteiger charge is -2.17. The van der Waals surface area contributed by atoms with Crippen LogP contribution in [0.15, 0.2) is 12.4 Å². The van der Waals surface area contributed by atoms with Crippen LogP contribution in [-0.4, -0.2) is 47.8 Å². The number of aromatic carboxylic acids is 1. The van der Waals surface area contributed by atoms with Gasteiger partial charge in [0.2, 0.25) is 0 Å². The minimum atomic E-state index is -1.07. The SMILES string of the molecule is CCOCCN(C)c1cnc(C(=O)O)cn1. The predicted molar refractivity (Wildman–Crippen MR) is 58.8 cm³/mol. The summed E-state index contributed by atoms with van der Waals surface area (Å²) < 4.78 is 5.20. The standard InChI is InChI=1S/C10H15N3O3/c1-3-16-5-4-13(2)9-7-11-8(6-12-9)10(14)15/h6-7H,3-5H2,1-2H3,(H,14,15). The van der Waals surface area contributed by atoms with Crippen LogP contribution in [0.4, 0.5) is 5.82 Å². The summed E-state index contributed by atoms with van der Waals surface area (Å²) in [6.07, 6.45) is 2.68. The van der Waals surface area contributed by atoms with Crippen molar-refractivity contribution in [1.29, 1.82) is 0 Å². The molecule has 0 fully saturated rings. The predicted octanol–water partition coefficient (Wildman–Crippen LogP) is 0.647. The van der Waals surface area contributed by atoms with Gasteiger partial charge >= 0.3 is 5.97 Å². The molecule has 0 aliphatic heterocycles. The summed E-state index contributed by atoms with van der Waals surface area (Å²) in [5.41, 5.74) is -0.0537. The fourth-order valence-electron chi connectivity index (χ4n) is 1.09. The largest absolute Gasteiger partial charge is 0.476 e. The molecule has 0 unspecified atom stereocenters. The maximum absolute atomic E-state index is 10.6. The summed E-state index contributed by atoms with van der Waals surface area (Å²) in [4.78, 5) is 20.2. The maximum Gasteiger partial charge on any atom is 0.356 e. The normalized spacial score (nSPS) is 10.1. The van der Waals surface area contributed by atoms with E-state index in [9.17, 15) is 4.79 Å². The number of hydrogen-bond acceptors (Lipinski definition) is 5. The van der Waals surface area contributed by atoms with Crippen molar-refractivity contribution in [3.8, 4) is 0 Å². The first kappa shape index (κ1) is 12.4. The van der Waals surface area contributed by atoms with E-state index in [0.29, 0.717) is 25.6 Å². The van der Waals surface area contributed by atoms with Gasteiger partial charge in [-0.15, -0.1) is 0 Å². The molecule has 1 aromatic rings. The number of carbonyl (C=O) groups is 1.